The molecule has 7 heteroatoms. The molecule has 0 unspecified atom stereocenters. The summed E-state index contributed by atoms with van der Waals surface area (Å²) in [6.07, 6.45) is -2.39. The molecule has 0 saturated carbocycles. The summed E-state index contributed by atoms with van der Waals surface area (Å²) in [6.45, 7) is 7.49. The molecule has 3 rings (SSSR count). The summed E-state index contributed by atoms with van der Waals surface area (Å²) in [5.41, 5.74) is 0. The number of amides is 1. The van der Waals surface area contributed by atoms with Crippen LogP contribution in [0.5, 0.6) is 0 Å². The zero-order valence-electron chi connectivity index (χ0n) is 11.5. The zero-order valence-corrected chi connectivity index (χ0v) is 11.5. The molecule has 19 heavy (non-hydrogen) atoms. The van der Waals surface area contributed by atoms with Crippen molar-refractivity contribution >= 4 is 5.91 Å². The number of ether oxygens (including phenoxy) is 5. The number of carbonyl (C=O) groups is 1. The molecule has 3 aliphatic rings. The van der Waals surface area contributed by atoms with E-state index in [0.717, 1.165) is 0 Å². The summed E-state index contributed by atoms with van der Waals surface area (Å²) in [5.74, 6) is -1.74. The van der Waals surface area contributed by atoms with E-state index in [1.165, 1.54) is 0 Å². The van der Waals surface area contributed by atoms with Crippen molar-refractivity contribution in [2.45, 2.75) is 64.0 Å². The van der Waals surface area contributed by atoms with Crippen molar-refractivity contribution in [2.75, 3.05) is 6.61 Å². The van der Waals surface area contributed by atoms with Crippen molar-refractivity contribution in [3.8, 4) is 0 Å². The second-order valence-electron chi connectivity index (χ2n) is 5.86. The monoisotopic (exact) mass is 273 g/mol. The average molecular weight is 273 g/mol. The van der Waals surface area contributed by atoms with Crippen LogP contribution < -0.4 is 5.32 Å². The summed E-state index contributed by atoms with van der Waals surface area (Å²) in [6, 6.07) is 0. The Hall–Kier alpha value is -0.730. The maximum absolute atomic E-state index is 12.0. The molecule has 0 bridgehead atoms. The van der Waals surface area contributed by atoms with Gasteiger partial charge in [-0.25, -0.2) is 0 Å². The minimum atomic E-state index is -0.826. The van der Waals surface area contributed by atoms with Gasteiger partial charge in [-0.05, 0) is 27.7 Å². The molecule has 0 aliphatic carbocycles. The van der Waals surface area contributed by atoms with E-state index in [4.69, 9.17) is 23.7 Å². The highest BCUT2D eigenvalue weighted by Crippen LogP contribution is 2.34. The van der Waals surface area contributed by atoms with Gasteiger partial charge in [-0.3, -0.25) is 4.79 Å². The number of fused-ring (bicyclic) bond motifs is 1. The van der Waals surface area contributed by atoms with E-state index >= 15 is 0 Å². The molecule has 3 aliphatic heterocycles. The lowest BCUT2D eigenvalue weighted by Crippen LogP contribution is -2.59. The van der Waals surface area contributed by atoms with Crippen LogP contribution in [0.25, 0.3) is 0 Å². The van der Waals surface area contributed by atoms with E-state index in [1.807, 2.05) is 13.8 Å². The molecular weight excluding hydrogens is 254 g/mol. The molecule has 0 aromatic carbocycles. The van der Waals surface area contributed by atoms with Crippen molar-refractivity contribution in [1.82, 2.24) is 5.32 Å². The first-order valence-electron chi connectivity index (χ1n) is 6.39. The molecule has 7 nitrogen and oxygen atoms in total. The van der Waals surface area contributed by atoms with Crippen molar-refractivity contribution < 1.29 is 28.5 Å². The Morgan fingerprint density at radius 3 is 2.47 bits per heavy atom. The van der Waals surface area contributed by atoms with Gasteiger partial charge in [0.25, 0.3) is 5.91 Å². The van der Waals surface area contributed by atoms with Gasteiger partial charge in [0.15, 0.2) is 30.2 Å². The number of hydrogen-bond acceptors (Lipinski definition) is 6. The Labute approximate surface area is 111 Å². The van der Waals surface area contributed by atoms with E-state index in [2.05, 4.69) is 5.32 Å². The number of carbonyl (C=O) groups excluding carboxylic acids is 1. The van der Waals surface area contributed by atoms with Crippen molar-refractivity contribution in [3.05, 3.63) is 0 Å². The minimum absolute atomic E-state index is 0.250. The van der Waals surface area contributed by atoms with Gasteiger partial charge in [0.05, 0.1) is 6.61 Å². The third kappa shape index (κ3) is 2.48. The number of nitrogens with one attached hydrogen (secondary N) is 1. The quantitative estimate of drug-likeness (QED) is 0.729. The van der Waals surface area contributed by atoms with E-state index in [1.54, 1.807) is 13.8 Å². The van der Waals surface area contributed by atoms with Crippen LogP contribution in [0.2, 0.25) is 0 Å². The van der Waals surface area contributed by atoms with Crippen molar-refractivity contribution in [3.63, 3.8) is 0 Å². The van der Waals surface area contributed by atoms with Crippen molar-refractivity contribution in [1.29, 1.82) is 0 Å². The second kappa shape index (κ2) is 4.13. The molecule has 3 heterocycles. The fourth-order valence-electron chi connectivity index (χ4n) is 2.45. The molecule has 4 atom stereocenters. The Morgan fingerprint density at radius 2 is 1.84 bits per heavy atom. The van der Waals surface area contributed by atoms with Crippen molar-refractivity contribution in [2.24, 2.45) is 0 Å². The summed E-state index contributed by atoms with van der Waals surface area (Å²) in [4.78, 5) is 12.0. The van der Waals surface area contributed by atoms with E-state index < -0.39 is 30.2 Å². The van der Waals surface area contributed by atoms with Gasteiger partial charge in [-0.1, -0.05) is 0 Å². The molecular formula is C12H19NO6. The smallest absolute Gasteiger partial charge is 0.256 e. The lowest BCUT2D eigenvalue weighted by atomic mass is 10.2. The predicted octanol–water partition coefficient (Wildman–Crippen LogP) is 0.0880. The van der Waals surface area contributed by atoms with E-state index in [9.17, 15) is 4.79 Å². The van der Waals surface area contributed by atoms with Gasteiger partial charge in [-0.2, -0.15) is 0 Å². The number of rotatable bonds is 1. The van der Waals surface area contributed by atoms with Gasteiger partial charge in [0.1, 0.15) is 6.10 Å². The fourth-order valence-corrected chi connectivity index (χ4v) is 2.45. The third-order valence-electron chi connectivity index (χ3n) is 3.25. The van der Waals surface area contributed by atoms with E-state index in [-0.39, 0.29) is 12.0 Å². The summed E-state index contributed by atoms with van der Waals surface area (Å²) >= 11 is 0. The standard InChI is InChI=1S/C12H19NO6/c1-11(2)15-5-6(17-11)9-13-8(14)7-10(16-9)19-12(3,4)18-7/h6-7,9-10H,5H2,1-4H3,(H,13,14)/t6-,7+,9-,10-/m1/s1. The molecule has 1 amide bonds. The molecule has 108 valence electrons. The van der Waals surface area contributed by atoms with Crippen LogP contribution in [-0.2, 0) is 28.5 Å². The molecule has 1 N–H and O–H groups in total. The van der Waals surface area contributed by atoms with Crippen LogP contribution in [0.3, 0.4) is 0 Å². The maximum atomic E-state index is 12.0. The first-order valence-corrected chi connectivity index (χ1v) is 6.39. The van der Waals surface area contributed by atoms with Gasteiger partial charge >= 0.3 is 0 Å². The Kier molecular flexibility index (Phi) is 2.88. The first-order chi connectivity index (χ1) is 8.76. The van der Waals surface area contributed by atoms with Crippen LogP contribution in [0.1, 0.15) is 27.7 Å². The second-order valence-corrected chi connectivity index (χ2v) is 5.86. The van der Waals surface area contributed by atoms with E-state index in [0.29, 0.717) is 6.61 Å². The SMILES string of the molecule is CC1(C)OC[C@H]([C@@H]2NC(=O)[C@@H]3OC(C)(C)O[C@H]3O2)O1. The van der Waals surface area contributed by atoms with Crippen LogP contribution in [0.4, 0.5) is 0 Å². The molecule has 0 aromatic heterocycles. The van der Waals surface area contributed by atoms with Crippen LogP contribution >= 0.6 is 0 Å². The summed E-state index contributed by atoms with van der Waals surface area (Å²) < 4.78 is 27.9. The minimum Gasteiger partial charge on any atom is -0.348 e. The molecule has 3 fully saturated rings. The lowest BCUT2D eigenvalue weighted by Gasteiger charge is -2.33. The molecule has 3 saturated heterocycles. The highest BCUT2D eigenvalue weighted by Gasteiger charge is 2.52. The largest absolute Gasteiger partial charge is 0.348 e. The fraction of sp³-hybridized carbons (Fsp3) is 0.917. The average Bonchev–Trinajstić information content (AvgIpc) is 2.77. The first kappa shape index (κ1) is 13.3. The van der Waals surface area contributed by atoms with Crippen LogP contribution in [0.15, 0.2) is 0 Å². The van der Waals surface area contributed by atoms with Gasteiger partial charge in [0, 0.05) is 0 Å². The summed E-state index contributed by atoms with van der Waals surface area (Å²) in [5, 5.41) is 2.73. The predicted molar refractivity (Wildman–Crippen MR) is 61.7 cm³/mol. The molecule has 0 aromatic rings. The highest BCUT2D eigenvalue weighted by atomic mass is 16.8. The Bertz CT molecular complexity index is 396. The van der Waals surface area contributed by atoms with Gasteiger partial charge < -0.3 is 29.0 Å². The number of hydrogen-bond donors (Lipinski definition) is 1. The summed E-state index contributed by atoms with van der Waals surface area (Å²) in [7, 11) is 0. The Morgan fingerprint density at radius 1 is 1.11 bits per heavy atom. The van der Waals surface area contributed by atoms with Gasteiger partial charge in [0.2, 0.25) is 0 Å². The maximum Gasteiger partial charge on any atom is 0.256 e. The lowest BCUT2D eigenvalue weighted by molar-refractivity contribution is -0.236. The highest BCUT2D eigenvalue weighted by molar-refractivity contribution is 5.82. The molecule has 0 radical (unpaired) electrons. The zero-order chi connectivity index (χ0) is 13.8. The normalized spacial score (nSPS) is 43.9. The van der Waals surface area contributed by atoms with Crippen LogP contribution in [0, 0.1) is 0 Å². The van der Waals surface area contributed by atoms with Gasteiger partial charge in [-0.15, -0.1) is 0 Å². The molecule has 0 spiro atoms. The third-order valence-corrected chi connectivity index (χ3v) is 3.25. The van der Waals surface area contributed by atoms with Crippen LogP contribution in [-0.4, -0.2) is 48.8 Å². The Balaban J connectivity index is 1.69. The topological polar surface area (TPSA) is 75.3 Å².